The second-order valence-corrected chi connectivity index (χ2v) is 6.47. The van der Waals surface area contributed by atoms with Crippen LogP contribution in [0.2, 0.25) is 0 Å². The number of amides is 2. The molecule has 27 heavy (non-hydrogen) atoms. The van der Waals surface area contributed by atoms with Gasteiger partial charge in [0.1, 0.15) is 0 Å². The largest absolute Gasteiger partial charge is 0.350 e. The minimum Gasteiger partial charge on any atom is -0.350 e. The van der Waals surface area contributed by atoms with Gasteiger partial charge in [-0.2, -0.15) is 0 Å². The van der Waals surface area contributed by atoms with Crippen LogP contribution in [0.4, 0.5) is 5.69 Å². The van der Waals surface area contributed by atoms with Crippen LogP contribution >= 0.6 is 0 Å². The second-order valence-electron chi connectivity index (χ2n) is 6.47. The number of anilines is 1. The number of fused-ring (bicyclic) bond motifs is 1. The lowest BCUT2D eigenvalue weighted by atomic mass is 10.1. The molecule has 0 saturated carbocycles. The number of carbonyl (C=O) groups excluding carboxylic acids is 2. The van der Waals surface area contributed by atoms with E-state index in [4.69, 9.17) is 0 Å². The van der Waals surface area contributed by atoms with Crippen molar-refractivity contribution in [1.82, 2.24) is 10.3 Å². The standard InChI is InChI=1S/C22H23N3O2/c1-16(18-8-4-3-5-9-18)24-21(27)13-15-25(17(2)26)20-12-6-10-19-11-7-14-23-22(19)20/h3-12,14,16H,13,15H2,1-2H3,(H,24,27). The maximum Gasteiger partial charge on any atom is 0.223 e. The first-order valence-corrected chi connectivity index (χ1v) is 9.02. The summed E-state index contributed by atoms with van der Waals surface area (Å²) in [6.45, 7) is 3.76. The van der Waals surface area contributed by atoms with Gasteiger partial charge in [0.15, 0.2) is 0 Å². The highest BCUT2D eigenvalue weighted by Crippen LogP contribution is 2.25. The highest BCUT2D eigenvalue weighted by molar-refractivity contribution is 6.01. The summed E-state index contributed by atoms with van der Waals surface area (Å²) in [5.74, 6) is -0.206. The average molecular weight is 361 g/mol. The molecule has 0 fully saturated rings. The molecule has 2 aromatic carbocycles. The van der Waals surface area contributed by atoms with Gasteiger partial charge in [-0.25, -0.2) is 0 Å². The summed E-state index contributed by atoms with van der Waals surface area (Å²) in [6.07, 6.45) is 1.93. The highest BCUT2D eigenvalue weighted by Gasteiger charge is 2.17. The molecule has 5 heteroatoms. The van der Waals surface area contributed by atoms with Crippen LogP contribution in [0.1, 0.15) is 31.9 Å². The Hall–Kier alpha value is -3.21. The Bertz CT molecular complexity index is 935. The summed E-state index contributed by atoms with van der Waals surface area (Å²) in [4.78, 5) is 30.6. The van der Waals surface area contributed by atoms with Crippen LogP contribution in [0.15, 0.2) is 66.9 Å². The number of nitrogens with one attached hydrogen (secondary N) is 1. The van der Waals surface area contributed by atoms with Crippen molar-refractivity contribution in [2.24, 2.45) is 0 Å². The topological polar surface area (TPSA) is 62.3 Å². The summed E-state index contributed by atoms with van der Waals surface area (Å²) >= 11 is 0. The zero-order valence-corrected chi connectivity index (χ0v) is 15.6. The zero-order chi connectivity index (χ0) is 19.2. The number of para-hydroxylation sites is 1. The minimum atomic E-state index is -0.114. The smallest absolute Gasteiger partial charge is 0.223 e. The summed E-state index contributed by atoms with van der Waals surface area (Å²) in [5.41, 5.74) is 2.53. The molecule has 0 aliphatic heterocycles. The number of benzene rings is 2. The van der Waals surface area contributed by atoms with Crippen molar-refractivity contribution in [2.75, 3.05) is 11.4 Å². The van der Waals surface area contributed by atoms with E-state index in [1.807, 2.05) is 67.6 Å². The van der Waals surface area contributed by atoms with Crippen molar-refractivity contribution >= 4 is 28.4 Å². The highest BCUT2D eigenvalue weighted by atomic mass is 16.2. The predicted octanol–water partition coefficient (Wildman–Crippen LogP) is 3.86. The van der Waals surface area contributed by atoms with Gasteiger partial charge in [0, 0.05) is 31.5 Å². The molecule has 1 unspecified atom stereocenters. The first-order chi connectivity index (χ1) is 13.1. The minimum absolute atomic E-state index is 0.0799. The third-order valence-corrected chi connectivity index (χ3v) is 4.52. The Morgan fingerprint density at radius 3 is 2.52 bits per heavy atom. The molecule has 138 valence electrons. The lowest BCUT2D eigenvalue weighted by Gasteiger charge is -2.22. The fourth-order valence-electron chi connectivity index (χ4n) is 3.11. The van der Waals surface area contributed by atoms with Gasteiger partial charge in [0.2, 0.25) is 11.8 Å². The van der Waals surface area contributed by atoms with Crippen LogP contribution < -0.4 is 10.2 Å². The van der Waals surface area contributed by atoms with Gasteiger partial charge in [-0.15, -0.1) is 0 Å². The Morgan fingerprint density at radius 1 is 1.04 bits per heavy atom. The van der Waals surface area contributed by atoms with Gasteiger partial charge in [-0.1, -0.05) is 48.5 Å². The van der Waals surface area contributed by atoms with Crippen LogP contribution in [0.5, 0.6) is 0 Å². The van der Waals surface area contributed by atoms with Crippen molar-refractivity contribution in [2.45, 2.75) is 26.3 Å². The van der Waals surface area contributed by atoms with Crippen LogP contribution in [0, 0.1) is 0 Å². The predicted molar refractivity (Wildman–Crippen MR) is 107 cm³/mol. The van der Waals surface area contributed by atoms with Crippen LogP contribution in [-0.4, -0.2) is 23.3 Å². The zero-order valence-electron chi connectivity index (χ0n) is 15.6. The maximum atomic E-state index is 12.4. The van der Waals surface area contributed by atoms with Crippen LogP contribution in [0.25, 0.3) is 10.9 Å². The first kappa shape index (κ1) is 18.6. The average Bonchev–Trinajstić information content (AvgIpc) is 2.68. The van der Waals surface area contributed by atoms with E-state index in [2.05, 4.69) is 10.3 Å². The van der Waals surface area contributed by atoms with Gasteiger partial charge in [-0.3, -0.25) is 14.6 Å². The van der Waals surface area contributed by atoms with Crippen molar-refractivity contribution in [3.8, 4) is 0 Å². The molecule has 1 heterocycles. The molecule has 3 aromatic rings. The van der Waals surface area contributed by atoms with Crippen LogP contribution in [0.3, 0.4) is 0 Å². The van der Waals surface area contributed by atoms with E-state index in [-0.39, 0.29) is 24.3 Å². The number of hydrogen-bond acceptors (Lipinski definition) is 3. The van der Waals surface area contributed by atoms with Gasteiger partial charge < -0.3 is 10.2 Å². The van der Waals surface area contributed by atoms with Crippen LogP contribution in [-0.2, 0) is 9.59 Å². The van der Waals surface area contributed by atoms with Gasteiger partial charge in [0.25, 0.3) is 0 Å². The Labute approximate surface area is 159 Å². The van der Waals surface area contributed by atoms with E-state index in [0.29, 0.717) is 6.54 Å². The number of carbonyl (C=O) groups is 2. The summed E-state index contributed by atoms with van der Waals surface area (Å²) in [7, 11) is 0. The fourth-order valence-corrected chi connectivity index (χ4v) is 3.11. The molecule has 0 saturated heterocycles. The molecule has 2 amide bonds. The second kappa shape index (κ2) is 8.45. The molecule has 3 rings (SSSR count). The molecular weight excluding hydrogens is 338 g/mol. The van der Waals surface area contributed by atoms with E-state index >= 15 is 0 Å². The molecule has 0 radical (unpaired) electrons. The van der Waals surface area contributed by atoms with Gasteiger partial charge in [0.05, 0.1) is 17.2 Å². The Balaban J connectivity index is 1.70. The van der Waals surface area contributed by atoms with Crippen molar-refractivity contribution in [1.29, 1.82) is 0 Å². The summed E-state index contributed by atoms with van der Waals surface area (Å²) < 4.78 is 0. The SMILES string of the molecule is CC(=O)N(CCC(=O)NC(C)c1ccccc1)c1cccc2cccnc12. The van der Waals surface area contributed by atoms with Gasteiger partial charge >= 0.3 is 0 Å². The lowest BCUT2D eigenvalue weighted by Crippen LogP contribution is -2.34. The van der Waals surface area contributed by atoms with Gasteiger partial charge in [-0.05, 0) is 24.6 Å². The Kier molecular flexibility index (Phi) is 5.81. The monoisotopic (exact) mass is 361 g/mol. The first-order valence-electron chi connectivity index (χ1n) is 9.02. The van der Waals surface area contributed by atoms with Crippen molar-refractivity contribution in [3.63, 3.8) is 0 Å². The molecule has 0 bridgehead atoms. The van der Waals surface area contributed by atoms with E-state index < -0.39 is 0 Å². The van der Waals surface area contributed by atoms with E-state index in [1.54, 1.807) is 11.1 Å². The third kappa shape index (κ3) is 4.50. The fraction of sp³-hybridized carbons (Fsp3) is 0.227. The number of nitrogens with zero attached hydrogens (tertiary/aromatic N) is 2. The maximum absolute atomic E-state index is 12.4. The third-order valence-electron chi connectivity index (χ3n) is 4.52. The molecule has 5 nitrogen and oxygen atoms in total. The number of pyridine rings is 1. The molecule has 1 aromatic heterocycles. The molecule has 1 N–H and O–H groups in total. The number of hydrogen-bond donors (Lipinski definition) is 1. The summed E-state index contributed by atoms with van der Waals surface area (Å²) in [6, 6.07) is 19.3. The summed E-state index contributed by atoms with van der Waals surface area (Å²) in [5, 5.41) is 3.95. The van der Waals surface area contributed by atoms with Crippen molar-refractivity contribution in [3.05, 3.63) is 72.4 Å². The molecule has 1 atom stereocenters. The normalized spacial score (nSPS) is 11.8. The molecular formula is C22H23N3O2. The number of aromatic nitrogens is 1. The number of rotatable bonds is 6. The van der Waals surface area contributed by atoms with Crippen molar-refractivity contribution < 1.29 is 9.59 Å². The molecule has 0 aliphatic carbocycles. The Morgan fingerprint density at radius 2 is 1.78 bits per heavy atom. The van der Waals surface area contributed by atoms with E-state index in [9.17, 15) is 9.59 Å². The van der Waals surface area contributed by atoms with E-state index in [0.717, 1.165) is 22.2 Å². The molecule has 0 aliphatic rings. The quantitative estimate of drug-likeness (QED) is 0.725. The van der Waals surface area contributed by atoms with E-state index in [1.165, 1.54) is 6.92 Å². The lowest BCUT2D eigenvalue weighted by molar-refractivity contribution is -0.121. The molecule has 0 spiro atoms.